The maximum Gasteiger partial charge on any atom is 0.129 e. The van der Waals surface area contributed by atoms with Gasteiger partial charge in [-0.2, -0.15) is 0 Å². The molecule has 2 aromatic rings. The third kappa shape index (κ3) is 3.64. The molecule has 3 rings (SSSR count). The monoisotopic (exact) mass is 289 g/mol. The molecule has 3 nitrogen and oxygen atoms in total. The molecule has 0 atom stereocenters. The van der Waals surface area contributed by atoms with Gasteiger partial charge in [-0.3, -0.25) is 0 Å². The van der Waals surface area contributed by atoms with Crippen LogP contribution in [-0.2, 0) is 13.2 Å². The lowest BCUT2D eigenvalue weighted by atomic mass is 10.2. The Morgan fingerprint density at radius 2 is 2.10 bits per heavy atom. The van der Waals surface area contributed by atoms with Crippen LogP contribution >= 0.6 is 0 Å². The van der Waals surface area contributed by atoms with Crippen LogP contribution in [-0.4, -0.2) is 6.04 Å². The second kappa shape index (κ2) is 5.90. The average Bonchev–Trinajstić information content (AvgIpc) is 3.22. The summed E-state index contributed by atoms with van der Waals surface area (Å²) in [6, 6.07) is 7.59. The van der Waals surface area contributed by atoms with Crippen molar-refractivity contribution >= 4 is 0 Å². The Balaban J connectivity index is 1.59. The van der Waals surface area contributed by atoms with Gasteiger partial charge >= 0.3 is 0 Å². The van der Waals surface area contributed by atoms with Gasteiger partial charge in [0.25, 0.3) is 0 Å². The van der Waals surface area contributed by atoms with Gasteiger partial charge in [0.15, 0.2) is 0 Å². The van der Waals surface area contributed by atoms with Crippen molar-refractivity contribution < 1.29 is 13.5 Å². The van der Waals surface area contributed by atoms with Gasteiger partial charge in [0.05, 0.1) is 6.54 Å². The van der Waals surface area contributed by atoms with Gasteiger partial charge in [-0.05, 0) is 44.4 Å². The molecule has 112 valence electrons. The van der Waals surface area contributed by atoms with Crippen molar-refractivity contribution in [1.29, 1.82) is 0 Å². The molecule has 1 heterocycles. The van der Waals surface area contributed by atoms with Gasteiger partial charge in [-0.25, -0.2) is 4.39 Å². The standard InChI is InChI=1S/C17H20FNO2/c1-11-3-6-15(8-17(11)18)20-10-13-7-16(21-12(13)2)9-19-14-4-5-14/h3,6-8,14,19H,4-5,9-10H2,1-2H3. The van der Waals surface area contributed by atoms with Crippen molar-refractivity contribution in [2.24, 2.45) is 0 Å². The molecule has 1 fully saturated rings. The van der Waals surface area contributed by atoms with E-state index < -0.39 is 0 Å². The van der Waals surface area contributed by atoms with E-state index in [9.17, 15) is 4.39 Å². The van der Waals surface area contributed by atoms with Crippen molar-refractivity contribution in [1.82, 2.24) is 5.32 Å². The van der Waals surface area contributed by atoms with Crippen LogP contribution in [0.1, 0.15) is 35.5 Å². The lowest BCUT2D eigenvalue weighted by Crippen LogP contribution is -2.14. The quantitative estimate of drug-likeness (QED) is 0.876. The Labute approximate surface area is 124 Å². The van der Waals surface area contributed by atoms with Gasteiger partial charge in [0.1, 0.15) is 29.7 Å². The fourth-order valence-electron chi connectivity index (χ4n) is 2.17. The first kappa shape index (κ1) is 14.1. The number of furan rings is 1. The van der Waals surface area contributed by atoms with Crippen LogP contribution in [0.5, 0.6) is 5.75 Å². The Morgan fingerprint density at radius 1 is 1.29 bits per heavy atom. The zero-order valence-corrected chi connectivity index (χ0v) is 12.4. The molecule has 0 bridgehead atoms. The second-order valence-electron chi connectivity index (χ2n) is 5.65. The number of hydrogen-bond acceptors (Lipinski definition) is 3. The number of halogens is 1. The summed E-state index contributed by atoms with van der Waals surface area (Å²) in [6.07, 6.45) is 2.52. The smallest absolute Gasteiger partial charge is 0.129 e. The molecule has 1 aromatic heterocycles. The summed E-state index contributed by atoms with van der Waals surface area (Å²) in [5.41, 5.74) is 1.62. The highest BCUT2D eigenvalue weighted by Gasteiger charge is 2.20. The summed E-state index contributed by atoms with van der Waals surface area (Å²) in [6.45, 7) is 4.81. The Bertz CT molecular complexity index is 632. The van der Waals surface area contributed by atoms with Crippen LogP contribution in [0.15, 0.2) is 28.7 Å². The van der Waals surface area contributed by atoms with E-state index in [1.165, 1.54) is 18.9 Å². The Hall–Kier alpha value is -1.81. The normalized spacial score (nSPS) is 14.4. The van der Waals surface area contributed by atoms with E-state index in [0.29, 0.717) is 24.0 Å². The van der Waals surface area contributed by atoms with E-state index in [0.717, 1.165) is 23.6 Å². The molecule has 1 aliphatic rings. The molecular formula is C17H20FNO2. The van der Waals surface area contributed by atoms with Gasteiger partial charge < -0.3 is 14.5 Å². The van der Waals surface area contributed by atoms with Crippen LogP contribution < -0.4 is 10.1 Å². The Kier molecular flexibility index (Phi) is 3.97. The summed E-state index contributed by atoms with van der Waals surface area (Å²) in [5.74, 6) is 2.07. The zero-order chi connectivity index (χ0) is 14.8. The minimum absolute atomic E-state index is 0.245. The first-order valence-corrected chi connectivity index (χ1v) is 7.32. The Morgan fingerprint density at radius 3 is 2.81 bits per heavy atom. The highest BCUT2D eigenvalue weighted by Crippen LogP contribution is 2.22. The third-order valence-corrected chi connectivity index (χ3v) is 3.75. The fourth-order valence-corrected chi connectivity index (χ4v) is 2.17. The van der Waals surface area contributed by atoms with Crippen molar-refractivity contribution in [3.8, 4) is 5.75 Å². The second-order valence-corrected chi connectivity index (χ2v) is 5.65. The molecule has 0 saturated heterocycles. The van der Waals surface area contributed by atoms with E-state index >= 15 is 0 Å². The summed E-state index contributed by atoms with van der Waals surface area (Å²) in [4.78, 5) is 0. The number of ether oxygens (including phenoxy) is 1. The highest BCUT2D eigenvalue weighted by atomic mass is 19.1. The number of aryl methyl sites for hydroxylation is 2. The lowest BCUT2D eigenvalue weighted by molar-refractivity contribution is 0.301. The molecule has 0 spiro atoms. The van der Waals surface area contributed by atoms with Crippen LogP contribution in [0.4, 0.5) is 4.39 Å². The van der Waals surface area contributed by atoms with Crippen molar-refractivity contribution in [2.75, 3.05) is 0 Å². The predicted octanol–water partition coefficient (Wildman–Crippen LogP) is 3.87. The van der Waals surface area contributed by atoms with Crippen LogP contribution in [0.2, 0.25) is 0 Å². The molecule has 1 aliphatic carbocycles. The first-order valence-electron chi connectivity index (χ1n) is 7.32. The van der Waals surface area contributed by atoms with Gasteiger partial charge in [0, 0.05) is 17.7 Å². The average molecular weight is 289 g/mol. The fraction of sp³-hybridized carbons (Fsp3) is 0.412. The molecular weight excluding hydrogens is 269 g/mol. The molecule has 21 heavy (non-hydrogen) atoms. The van der Waals surface area contributed by atoms with E-state index in [4.69, 9.17) is 9.15 Å². The van der Waals surface area contributed by atoms with E-state index in [1.807, 2.05) is 13.0 Å². The van der Waals surface area contributed by atoms with Crippen LogP contribution in [0.25, 0.3) is 0 Å². The zero-order valence-electron chi connectivity index (χ0n) is 12.4. The third-order valence-electron chi connectivity index (χ3n) is 3.75. The maximum atomic E-state index is 13.5. The minimum atomic E-state index is -0.245. The largest absolute Gasteiger partial charge is 0.489 e. The summed E-state index contributed by atoms with van der Waals surface area (Å²) >= 11 is 0. The van der Waals surface area contributed by atoms with Crippen molar-refractivity contribution in [3.05, 3.63) is 52.7 Å². The van der Waals surface area contributed by atoms with Gasteiger partial charge in [-0.15, -0.1) is 0 Å². The van der Waals surface area contributed by atoms with Crippen molar-refractivity contribution in [3.63, 3.8) is 0 Å². The van der Waals surface area contributed by atoms with E-state index in [2.05, 4.69) is 5.32 Å². The molecule has 1 saturated carbocycles. The molecule has 0 amide bonds. The number of hydrogen-bond donors (Lipinski definition) is 1. The number of rotatable bonds is 6. The summed E-state index contributed by atoms with van der Waals surface area (Å²) < 4.78 is 24.8. The van der Waals surface area contributed by atoms with Crippen LogP contribution in [0, 0.1) is 19.7 Å². The van der Waals surface area contributed by atoms with E-state index in [-0.39, 0.29) is 5.82 Å². The summed E-state index contributed by atoms with van der Waals surface area (Å²) in [5, 5.41) is 3.42. The predicted molar refractivity (Wildman–Crippen MR) is 78.8 cm³/mol. The number of nitrogens with one attached hydrogen (secondary N) is 1. The first-order chi connectivity index (χ1) is 10.1. The summed E-state index contributed by atoms with van der Waals surface area (Å²) in [7, 11) is 0. The molecule has 0 unspecified atom stereocenters. The topological polar surface area (TPSA) is 34.4 Å². The maximum absolute atomic E-state index is 13.5. The SMILES string of the molecule is Cc1ccc(OCc2cc(CNC3CC3)oc2C)cc1F. The highest BCUT2D eigenvalue weighted by molar-refractivity contribution is 5.29. The van der Waals surface area contributed by atoms with E-state index in [1.54, 1.807) is 19.1 Å². The minimum Gasteiger partial charge on any atom is -0.489 e. The van der Waals surface area contributed by atoms with Gasteiger partial charge in [-0.1, -0.05) is 6.07 Å². The van der Waals surface area contributed by atoms with Crippen molar-refractivity contribution in [2.45, 2.75) is 45.9 Å². The molecule has 1 N–H and O–H groups in total. The number of benzene rings is 1. The lowest BCUT2D eigenvalue weighted by Gasteiger charge is -2.06. The van der Waals surface area contributed by atoms with Crippen LogP contribution in [0.3, 0.4) is 0 Å². The molecule has 0 radical (unpaired) electrons. The molecule has 4 heteroatoms. The molecule has 0 aliphatic heterocycles. The van der Waals surface area contributed by atoms with Gasteiger partial charge in [0.2, 0.25) is 0 Å². The molecule has 1 aromatic carbocycles.